The standard InChI is InChI=1S/C14H19Cl2NO2/c1-11(2)17(8-4-7-15)14(18)10-19-13-6-3-5-12(16)9-13/h3,5-6,9,11H,4,7-8,10H2,1-2H3. The van der Waals surface area contributed by atoms with Gasteiger partial charge in [0.2, 0.25) is 0 Å². The second kappa shape index (κ2) is 8.28. The summed E-state index contributed by atoms with van der Waals surface area (Å²) in [5, 5.41) is 0.591. The first-order chi connectivity index (χ1) is 9.04. The molecule has 1 rings (SSSR count). The summed E-state index contributed by atoms with van der Waals surface area (Å²) in [6, 6.07) is 7.15. The second-order valence-electron chi connectivity index (χ2n) is 4.47. The highest BCUT2D eigenvalue weighted by molar-refractivity contribution is 6.30. The summed E-state index contributed by atoms with van der Waals surface area (Å²) in [5.41, 5.74) is 0. The number of nitrogens with zero attached hydrogens (tertiary/aromatic N) is 1. The molecule has 0 saturated carbocycles. The van der Waals surface area contributed by atoms with Gasteiger partial charge in [-0.3, -0.25) is 4.79 Å². The van der Waals surface area contributed by atoms with Gasteiger partial charge in [-0.2, -0.15) is 0 Å². The lowest BCUT2D eigenvalue weighted by Gasteiger charge is -2.26. The van der Waals surface area contributed by atoms with Gasteiger partial charge in [0.15, 0.2) is 6.61 Å². The van der Waals surface area contributed by atoms with Crippen molar-refractivity contribution in [2.24, 2.45) is 0 Å². The number of rotatable bonds is 7. The molecule has 0 saturated heterocycles. The van der Waals surface area contributed by atoms with Gasteiger partial charge in [-0.1, -0.05) is 17.7 Å². The average Bonchev–Trinajstić information content (AvgIpc) is 2.36. The summed E-state index contributed by atoms with van der Waals surface area (Å²) < 4.78 is 5.45. The predicted octanol–water partition coefficient (Wildman–Crippen LogP) is 3.58. The molecule has 0 spiro atoms. The van der Waals surface area contributed by atoms with Gasteiger partial charge in [-0.15, -0.1) is 11.6 Å². The zero-order valence-corrected chi connectivity index (χ0v) is 12.7. The number of benzene rings is 1. The van der Waals surface area contributed by atoms with Crippen LogP contribution in [0, 0.1) is 0 Å². The lowest BCUT2D eigenvalue weighted by atomic mass is 10.3. The average molecular weight is 304 g/mol. The van der Waals surface area contributed by atoms with E-state index in [1.165, 1.54) is 0 Å². The quantitative estimate of drug-likeness (QED) is 0.721. The van der Waals surface area contributed by atoms with Crippen LogP contribution >= 0.6 is 23.2 Å². The van der Waals surface area contributed by atoms with Crippen LogP contribution in [-0.4, -0.2) is 35.9 Å². The lowest BCUT2D eigenvalue weighted by molar-refractivity contribution is -0.135. The summed E-state index contributed by atoms with van der Waals surface area (Å²) in [6.07, 6.45) is 0.780. The van der Waals surface area contributed by atoms with Crippen molar-refractivity contribution >= 4 is 29.1 Å². The minimum Gasteiger partial charge on any atom is -0.484 e. The number of halogens is 2. The number of hydrogen-bond acceptors (Lipinski definition) is 2. The van der Waals surface area contributed by atoms with Gasteiger partial charge in [-0.25, -0.2) is 0 Å². The van der Waals surface area contributed by atoms with E-state index in [2.05, 4.69) is 0 Å². The van der Waals surface area contributed by atoms with Gasteiger partial charge in [0.1, 0.15) is 5.75 Å². The molecule has 0 unspecified atom stereocenters. The van der Waals surface area contributed by atoms with Crippen LogP contribution < -0.4 is 4.74 Å². The third kappa shape index (κ3) is 5.70. The summed E-state index contributed by atoms with van der Waals surface area (Å²) in [5.74, 6) is 1.10. The molecule has 0 aliphatic heterocycles. The Morgan fingerprint density at radius 3 is 2.74 bits per heavy atom. The van der Waals surface area contributed by atoms with E-state index < -0.39 is 0 Å². The fraction of sp³-hybridized carbons (Fsp3) is 0.500. The molecule has 106 valence electrons. The molecule has 3 nitrogen and oxygen atoms in total. The Labute approximate surface area is 124 Å². The van der Waals surface area contributed by atoms with Crippen molar-refractivity contribution < 1.29 is 9.53 Å². The molecule has 0 atom stereocenters. The highest BCUT2D eigenvalue weighted by atomic mass is 35.5. The molecule has 1 aromatic rings. The summed E-state index contributed by atoms with van der Waals surface area (Å²) in [7, 11) is 0. The number of ether oxygens (including phenoxy) is 1. The first-order valence-electron chi connectivity index (χ1n) is 6.28. The van der Waals surface area contributed by atoms with E-state index in [9.17, 15) is 4.79 Å². The van der Waals surface area contributed by atoms with Crippen molar-refractivity contribution in [2.75, 3.05) is 19.0 Å². The van der Waals surface area contributed by atoms with Gasteiger partial charge in [0, 0.05) is 23.5 Å². The molecule has 1 amide bonds. The van der Waals surface area contributed by atoms with Crippen LogP contribution in [0.2, 0.25) is 5.02 Å². The van der Waals surface area contributed by atoms with E-state index >= 15 is 0 Å². The molecule has 1 aromatic carbocycles. The summed E-state index contributed by atoms with van der Waals surface area (Å²) >= 11 is 11.5. The van der Waals surface area contributed by atoms with E-state index in [1.54, 1.807) is 29.2 Å². The number of carbonyl (C=O) groups excluding carboxylic acids is 1. The molecule has 0 bridgehead atoms. The first kappa shape index (κ1) is 16.1. The van der Waals surface area contributed by atoms with Crippen molar-refractivity contribution in [3.05, 3.63) is 29.3 Å². The Kier molecular flexibility index (Phi) is 7.03. The zero-order chi connectivity index (χ0) is 14.3. The molecule has 0 heterocycles. The van der Waals surface area contributed by atoms with Gasteiger partial charge in [0.05, 0.1) is 0 Å². The number of carbonyl (C=O) groups is 1. The molecule has 5 heteroatoms. The van der Waals surface area contributed by atoms with Crippen LogP contribution in [0.5, 0.6) is 5.75 Å². The van der Waals surface area contributed by atoms with E-state index in [0.29, 0.717) is 23.2 Å². The second-order valence-corrected chi connectivity index (χ2v) is 5.28. The highest BCUT2D eigenvalue weighted by Gasteiger charge is 2.16. The Morgan fingerprint density at radius 1 is 1.42 bits per heavy atom. The van der Waals surface area contributed by atoms with Crippen LogP contribution in [0.15, 0.2) is 24.3 Å². The SMILES string of the molecule is CC(C)N(CCCCl)C(=O)COc1cccc(Cl)c1. The maximum Gasteiger partial charge on any atom is 0.260 e. The molecular weight excluding hydrogens is 285 g/mol. The number of alkyl halides is 1. The predicted molar refractivity (Wildman–Crippen MR) is 79.1 cm³/mol. The molecule has 0 aliphatic rings. The van der Waals surface area contributed by atoms with Gasteiger partial charge in [-0.05, 0) is 38.5 Å². The highest BCUT2D eigenvalue weighted by Crippen LogP contribution is 2.17. The molecule has 0 aliphatic carbocycles. The van der Waals surface area contributed by atoms with Gasteiger partial charge >= 0.3 is 0 Å². The minimum atomic E-state index is -0.0416. The van der Waals surface area contributed by atoms with E-state index in [1.807, 2.05) is 13.8 Å². The van der Waals surface area contributed by atoms with E-state index in [0.717, 1.165) is 6.42 Å². The fourth-order valence-corrected chi connectivity index (χ4v) is 1.99. The Hall–Kier alpha value is -0.930. The maximum atomic E-state index is 12.1. The lowest BCUT2D eigenvalue weighted by Crippen LogP contribution is -2.40. The largest absolute Gasteiger partial charge is 0.484 e. The Bertz CT molecular complexity index is 410. The van der Waals surface area contributed by atoms with Crippen molar-refractivity contribution in [3.63, 3.8) is 0 Å². The Morgan fingerprint density at radius 2 is 2.16 bits per heavy atom. The van der Waals surface area contributed by atoms with Crippen LogP contribution in [-0.2, 0) is 4.79 Å². The molecule has 0 radical (unpaired) electrons. The third-order valence-electron chi connectivity index (χ3n) is 2.63. The molecular formula is C14H19Cl2NO2. The van der Waals surface area contributed by atoms with Crippen LogP contribution in [0.25, 0.3) is 0 Å². The normalized spacial score (nSPS) is 10.6. The van der Waals surface area contributed by atoms with Gasteiger partial charge < -0.3 is 9.64 Å². The van der Waals surface area contributed by atoms with Crippen molar-refractivity contribution in [3.8, 4) is 5.75 Å². The summed E-state index contributed by atoms with van der Waals surface area (Å²) in [6.45, 7) is 4.62. The maximum absolute atomic E-state index is 12.1. The number of amides is 1. The van der Waals surface area contributed by atoms with Crippen LogP contribution in [0.4, 0.5) is 0 Å². The van der Waals surface area contributed by atoms with E-state index in [-0.39, 0.29) is 18.6 Å². The van der Waals surface area contributed by atoms with E-state index in [4.69, 9.17) is 27.9 Å². The van der Waals surface area contributed by atoms with Gasteiger partial charge in [0.25, 0.3) is 5.91 Å². The van der Waals surface area contributed by atoms with Crippen LogP contribution in [0.1, 0.15) is 20.3 Å². The van der Waals surface area contributed by atoms with Crippen molar-refractivity contribution in [2.45, 2.75) is 26.3 Å². The van der Waals surface area contributed by atoms with Crippen molar-refractivity contribution in [1.29, 1.82) is 0 Å². The third-order valence-corrected chi connectivity index (χ3v) is 3.14. The Balaban J connectivity index is 2.52. The topological polar surface area (TPSA) is 29.5 Å². The monoisotopic (exact) mass is 303 g/mol. The smallest absolute Gasteiger partial charge is 0.260 e. The molecule has 19 heavy (non-hydrogen) atoms. The molecule has 0 N–H and O–H groups in total. The minimum absolute atomic E-state index is 0.0147. The van der Waals surface area contributed by atoms with Crippen molar-refractivity contribution in [1.82, 2.24) is 4.90 Å². The molecule has 0 fully saturated rings. The summed E-state index contributed by atoms with van der Waals surface area (Å²) in [4.78, 5) is 13.8. The number of hydrogen-bond donors (Lipinski definition) is 0. The fourth-order valence-electron chi connectivity index (χ4n) is 1.69. The first-order valence-corrected chi connectivity index (χ1v) is 7.19. The molecule has 0 aromatic heterocycles. The zero-order valence-electron chi connectivity index (χ0n) is 11.2. The van der Waals surface area contributed by atoms with Crippen LogP contribution in [0.3, 0.4) is 0 Å².